The molecule has 0 bridgehead atoms. The maximum Gasteiger partial charge on any atom is 0.328 e. The maximum absolute atomic E-state index is 13.1. The number of rotatable bonds is 8. The highest BCUT2D eigenvalue weighted by Crippen LogP contribution is 2.24. The van der Waals surface area contributed by atoms with Gasteiger partial charge in [-0.2, -0.15) is 5.10 Å². The monoisotopic (exact) mass is 512 g/mol. The first-order valence-electron chi connectivity index (χ1n) is 11.2. The van der Waals surface area contributed by atoms with E-state index in [0.717, 1.165) is 6.21 Å². The Labute approximate surface area is 214 Å². The van der Waals surface area contributed by atoms with E-state index in [4.69, 9.17) is 21.7 Å². The first-order chi connectivity index (χ1) is 16.9. The molecule has 0 fully saturated rings. The van der Waals surface area contributed by atoms with Crippen molar-refractivity contribution >= 4 is 52.9 Å². The van der Waals surface area contributed by atoms with Crippen LogP contribution in [0.1, 0.15) is 50.7 Å². The van der Waals surface area contributed by atoms with Crippen molar-refractivity contribution in [2.75, 3.05) is 10.6 Å². The average molecular weight is 513 g/mol. The van der Waals surface area contributed by atoms with Crippen LogP contribution in [0.25, 0.3) is 5.57 Å². The smallest absolute Gasteiger partial charge is 0.328 e. The summed E-state index contributed by atoms with van der Waals surface area (Å²) in [6, 6.07) is 1.71. The Kier molecular flexibility index (Phi) is 8.25. The average Bonchev–Trinajstić information content (AvgIpc) is 3.20. The Morgan fingerprint density at radius 2 is 2.06 bits per heavy atom. The number of hydrogen-bond acceptors (Lipinski definition) is 9. The SMILES string of the molecule is CC(C)Nc1cc(/C(C=N)=C2\N=CC(Cl)=CN2)ncc1C(=O)Nc1cnn(CC(=O)OC(C)(C)C)c1. The summed E-state index contributed by atoms with van der Waals surface area (Å²) in [5.74, 6) is -0.439. The minimum atomic E-state index is -0.600. The molecule has 1 amide bonds. The molecule has 190 valence electrons. The summed E-state index contributed by atoms with van der Waals surface area (Å²) >= 11 is 5.90. The fourth-order valence-corrected chi connectivity index (χ4v) is 3.29. The predicted molar refractivity (Wildman–Crippen MR) is 140 cm³/mol. The summed E-state index contributed by atoms with van der Waals surface area (Å²) in [4.78, 5) is 33.7. The summed E-state index contributed by atoms with van der Waals surface area (Å²) in [5, 5.41) is 21.3. The van der Waals surface area contributed by atoms with Crippen LogP contribution >= 0.6 is 11.6 Å². The molecule has 0 radical (unpaired) electrons. The van der Waals surface area contributed by atoms with Crippen LogP contribution in [-0.2, 0) is 16.1 Å². The van der Waals surface area contributed by atoms with Crippen LogP contribution < -0.4 is 16.0 Å². The lowest BCUT2D eigenvalue weighted by Crippen LogP contribution is -2.26. The first kappa shape index (κ1) is 26.6. The van der Waals surface area contributed by atoms with Crippen LogP contribution in [0.15, 0.2) is 46.7 Å². The van der Waals surface area contributed by atoms with Crippen LogP contribution in [0.3, 0.4) is 0 Å². The minimum absolute atomic E-state index is 0.0204. The predicted octanol–water partition coefficient (Wildman–Crippen LogP) is 3.76. The molecule has 0 spiro atoms. The number of ether oxygens (including phenoxy) is 1. The molecule has 0 saturated carbocycles. The van der Waals surface area contributed by atoms with E-state index in [1.54, 1.807) is 39.2 Å². The topological polar surface area (TPSA) is 146 Å². The molecule has 1 aliphatic rings. The highest BCUT2D eigenvalue weighted by molar-refractivity contribution is 6.39. The number of halogens is 1. The van der Waals surface area contributed by atoms with Crippen LogP contribution in [0.5, 0.6) is 0 Å². The lowest BCUT2D eigenvalue weighted by atomic mass is 10.1. The van der Waals surface area contributed by atoms with E-state index in [2.05, 4.69) is 31.0 Å². The molecule has 4 N–H and O–H groups in total. The Hall–Kier alpha value is -3.99. The van der Waals surface area contributed by atoms with Crippen molar-refractivity contribution in [3.8, 4) is 0 Å². The molecule has 0 saturated heterocycles. The quantitative estimate of drug-likeness (QED) is 0.311. The van der Waals surface area contributed by atoms with Crippen molar-refractivity contribution in [3.05, 3.63) is 53.0 Å². The third kappa shape index (κ3) is 7.25. The van der Waals surface area contributed by atoms with Crippen molar-refractivity contribution < 1.29 is 14.3 Å². The number of pyridine rings is 1. The largest absolute Gasteiger partial charge is 0.459 e. The maximum atomic E-state index is 13.1. The van der Waals surface area contributed by atoms with Gasteiger partial charge in [-0.15, -0.1) is 0 Å². The Bertz CT molecular complexity index is 1250. The van der Waals surface area contributed by atoms with Crippen LogP contribution in [0.2, 0.25) is 0 Å². The second-order valence-corrected chi connectivity index (χ2v) is 9.66. The van der Waals surface area contributed by atoms with Gasteiger partial charge in [0.1, 0.15) is 18.0 Å². The van der Waals surface area contributed by atoms with Gasteiger partial charge < -0.3 is 26.1 Å². The summed E-state index contributed by atoms with van der Waals surface area (Å²) in [6.45, 7) is 9.16. The van der Waals surface area contributed by atoms with Gasteiger partial charge >= 0.3 is 5.97 Å². The third-order valence-corrected chi connectivity index (χ3v) is 4.74. The highest BCUT2D eigenvalue weighted by Gasteiger charge is 2.19. The van der Waals surface area contributed by atoms with Gasteiger partial charge in [0.05, 0.1) is 39.4 Å². The Morgan fingerprint density at radius 3 is 2.67 bits per heavy atom. The van der Waals surface area contributed by atoms with Crippen molar-refractivity contribution in [2.24, 2.45) is 4.99 Å². The number of carbonyl (C=O) groups excluding carboxylic acids is 2. The van der Waals surface area contributed by atoms with E-state index in [1.165, 1.54) is 23.3 Å². The van der Waals surface area contributed by atoms with Crippen molar-refractivity contribution in [1.82, 2.24) is 20.1 Å². The molecule has 0 atom stereocenters. The summed E-state index contributed by atoms with van der Waals surface area (Å²) in [6.07, 6.45) is 8.58. The highest BCUT2D eigenvalue weighted by atomic mass is 35.5. The summed E-state index contributed by atoms with van der Waals surface area (Å²) in [5.41, 5.74) is 1.51. The number of esters is 1. The molecule has 11 nitrogen and oxygen atoms in total. The first-order valence-corrected chi connectivity index (χ1v) is 11.6. The molecular formula is C24H29ClN8O3. The fourth-order valence-electron chi connectivity index (χ4n) is 3.18. The number of carbonyl (C=O) groups is 2. The van der Waals surface area contributed by atoms with Crippen molar-refractivity contribution in [2.45, 2.75) is 52.8 Å². The van der Waals surface area contributed by atoms with E-state index in [0.29, 0.717) is 39.1 Å². The molecule has 1 aliphatic heterocycles. The molecule has 2 aromatic heterocycles. The van der Waals surface area contributed by atoms with Gasteiger partial charge in [-0.1, -0.05) is 11.6 Å². The van der Waals surface area contributed by atoms with Gasteiger partial charge in [0.2, 0.25) is 0 Å². The lowest BCUT2D eigenvalue weighted by Gasteiger charge is -2.19. The number of allylic oxidation sites excluding steroid dienone is 2. The third-order valence-electron chi connectivity index (χ3n) is 4.53. The standard InChI is InChI=1S/C24H29ClN8O3/c1-14(2)31-20-6-19(17(7-26)22-28-8-15(25)9-29-22)27-11-18(20)23(35)32-16-10-30-33(12-16)13-21(34)36-24(3,4)5/h6-12,14,26,28H,13H2,1-5H3,(H,27,31)(H,32,35)/b22-17-,26-7?. The van der Waals surface area contributed by atoms with E-state index in [-0.39, 0.29) is 12.6 Å². The molecule has 0 aliphatic carbocycles. The zero-order chi connectivity index (χ0) is 26.5. The van der Waals surface area contributed by atoms with E-state index < -0.39 is 17.5 Å². The van der Waals surface area contributed by atoms with E-state index >= 15 is 0 Å². The molecule has 3 rings (SSSR count). The number of nitrogens with zero attached hydrogens (tertiary/aromatic N) is 4. The number of anilines is 2. The van der Waals surface area contributed by atoms with Crippen LogP contribution in [0, 0.1) is 5.41 Å². The number of hydrogen-bond donors (Lipinski definition) is 4. The van der Waals surface area contributed by atoms with E-state index in [1.807, 2.05) is 13.8 Å². The summed E-state index contributed by atoms with van der Waals surface area (Å²) < 4.78 is 6.68. The normalized spacial score (nSPS) is 14.6. The second-order valence-electron chi connectivity index (χ2n) is 9.22. The number of amides is 1. The zero-order valence-corrected chi connectivity index (χ0v) is 21.5. The van der Waals surface area contributed by atoms with Crippen molar-refractivity contribution in [3.63, 3.8) is 0 Å². The van der Waals surface area contributed by atoms with Crippen molar-refractivity contribution in [1.29, 1.82) is 5.41 Å². The summed E-state index contributed by atoms with van der Waals surface area (Å²) in [7, 11) is 0. The molecule has 3 heterocycles. The molecule has 12 heteroatoms. The zero-order valence-electron chi connectivity index (χ0n) is 20.7. The van der Waals surface area contributed by atoms with Crippen LogP contribution in [-0.4, -0.2) is 50.7 Å². The number of aromatic nitrogens is 3. The van der Waals surface area contributed by atoms with Gasteiger partial charge in [-0.3, -0.25) is 19.3 Å². The number of nitrogens with one attached hydrogen (secondary N) is 4. The van der Waals surface area contributed by atoms with E-state index in [9.17, 15) is 9.59 Å². The van der Waals surface area contributed by atoms with Gasteiger partial charge in [0, 0.05) is 37.1 Å². The molecule has 36 heavy (non-hydrogen) atoms. The number of aliphatic imine (C=N–C) groups is 1. The molecule has 0 aromatic carbocycles. The fraction of sp³-hybridized carbons (Fsp3) is 0.333. The van der Waals surface area contributed by atoms with Gasteiger partial charge in [0.15, 0.2) is 0 Å². The molecule has 0 unspecified atom stereocenters. The second kappa shape index (κ2) is 11.2. The Morgan fingerprint density at radius 1 is 1.31 bits per heavy atom. The van der Waals surface area contributed by atoms with Gasteiger partial charge in [0.25, 0.3) is 5.91 Å². The minimum Gasteiger partial charge on any atom is -0.459 e. The Balaban J connectivity index is 1.82. The van der Waals surface area contributed by atoms with Crippen LogP contribution in [0.4, 0.5) is 11.4 Å². The molecule has 2 aromatic rings. The van der Waals surface area contributed by atoms with Gasteiger partial charge in [-0.25, -0.2) is 4.99 Å². The van der Waals surface area contributed by atoms with Gasteiger partial charge in [-0.05, 0) is 40.7 Å². The molecular weight excluding hydrogens is 484 g/mol. The lowest BCUT2D eigenvalue weighted by molar-refractivity contribution is -0.155.